The largest absolute Gasteiger partial charge is 0.552 e. The zero-order valence-corrected chi connectivity index (χ0v) is 33.9. The van der Waals surface area contributed by atoms with Crippen LogP contribution in [-0.2, 0) is 41.9 Å². The Balaban J connectivity index is 1.11. The number of nitrogens with zero attached hydrogens (tertiary/aromatic N) is 3. The van der Waals surface area contributed by atoms with E-state index in [2.05, 4.69) is 5.32 Å². The maximum atomic E-state index is 13.7. The van der Waals surface area contributed by atoms with Gasteiger partial charge in [-0.15, -0.1) is 0 Å². The van der Waals surface area contributed by atoms with Gasteiger partial charge in [0.2, 0.25) is 0 Å². The molecule has 2 aromatic carbocycles. The number of phosphoric acid groups is 2. The molecule has 2 aromatic rings. The molecular weight excluding hydrogens is 821 g/mol. The van der Waals surface area contributed by atoms with Crippen LogP contribution in [0.4, 0.5) is 4.79 Å². The van der Waals surface area contributed by atoms with Gasteiger partial charge in [0.05, 0.1) is 73.5 Å². The number of unbranched alkanes of at least 4 members (excludes halogenated alkanes) is 4. The van der Waals surface area contributed by atoms with E-state index in [0.29, 0.717) is 44.3 Å². The molecule has 2 fully saturated rings. The van der Waals surface area contributed by atoms with E-state index in [1.165, 1.54) is 18.2 Å². The molecule has 0 bridgehead atoms. The Morgan fingerprint density at radius 2 is 1.40 bits per heavy atom. The van der Waals surface area contributed by atoms with Crippen LogP contribution in [0.5, 0.6) is 11.5 Å². The molecule has 2 amide bonds. The molecule has 0 radical (unpaired) electrons. The Morgan fingerprint density at radius 3 is 2.04 bits per heavy atom. The minimum Gasteiger partial charge on any atom is -0.402 e. The minimum atomic E-state index is -4.44. The van der Waals surface area contributed by atoms with Crippen LogP contribution < -0.4 is 14.4 Å². The lowest BCUT2D eigenvalue weighted by Crippen LogP contribution is -2.40. The van der Waals surface area contributed by atoms with Gasteiger partial charge in [-0.3, -0.25) is 18.5 Å². The zero-order chi connectivity index (χ0) is 39.5. The molecule has 0 saturated carbocycles. The molecule has 55 heavy (non-hydrogen) atoms. The molecule has 300 valence electrons. The molecule has 2 saturated heterocycles. The van der Waals surface area contributed by atoms with Crippen LogP contribution in [0.2, 0.25) is 10.0 Å². The minimum absolute atomic E-state index is 0.0125. The number of nitrogens with one attached hydrogen (secondary N) is 1. The van der Waals surface area contributed by atoms with Crippen molar-refractivity contribution in [1.82, 2.24) is 10.4 Å². The van der Waals surface area contributed by atoms with E-state index in [0.717, 1.165) is 11.5 Å². The van der Waals surface area contributed by atoms with Crippen LogP contribution in [0.15, 0.2) is 48.5 Å². The highest BCUT2D eigenvalue weighted by Gasteiger charge is 2.52. The quantitative estimate of drug-likeness (QED) is 0.0308. The van der Waals surface area contributed by atoms with Gasteiger partial charge in [0, 0.05) is 17.4 Å². The lowest BCUT2D eigenvalue weighted by atomic mass is 10.0. The Morgan fingerprint density at radius 1 is 0.818 bits per heavy atom. The number of carbonyl (C=O) groups excluding carboxylic acids is 2. The van der Waals surface area contributed by atoms with E-state index in [1.807, 2.05) is 12.1 Å². The van der Waals surface area contributed by atoms with Crippen LogP contribution in [0, 0.1) is 22.7 Å². The summed E-state index contributed by atoms with van der Waals surface area (Å²) in [6, 6.07) is 15.2. The highest BCUT2D eigenvalue weighted by Crippen LogP contribution is 2.54. The lowest BCUT2D eigenvalue weighted by molar-refractivity contribution is -0.272. The first-order valence-corrected chi connectivity index (χ1v) is 22.3. The van der Waals surface area contributed by atoms with Gasteiger partial charge in [-0.25, -0.2) is 18.7 Å². The van der Waals surface area contributed by atoms with Crippen LogP contribution in [0.25, 0.3) is 0 Å². The number of thioether (sulfide) groups is 1. The summed E-state index contributed by atoms with van der Waals surface area (Å²) in [5, 5.41) is 21.8. The average molecular weight is 864 g/mol. The summed E-state index contributed by atoms with van der Waals surface area (Å²) >= 11 is 13.9. The number of nitriles is 2. The maximum absolute atomic E-state index is 13.7. The third kappa shape index (κ3) is 14.8. The number of phosphoric ester groups is 2. The number of hydrogen-bond donors (Lipinski definition) is 1. The van der Waals surface area contributed by atoms with Crippen molar-refractivity contribution in [3.63, 3.8) is 0 Å². The summed E-state index contributed by atoms with van der Waals surface area (Å²) in [6.45, 7) is -0.107. The van der Waals surface area contributed by atoms with Crippen molar-refractivity contribution in [2.45, 2.75) is 81.5 Å². The number of fused-ring (bicyclic) bond motifs is 1. The number of benzene rings is 2. The van der Waals surface area contributed by atoms with Crippen molar-refractivity contribution < 1.29 is 55.7 Å². The molecule has 2 aliphatic heterocycles. The fraction of sp³-hybridized carbons (Fsp3) is 0.529. The van der Waals surface area contributed by atoms with Gasteiger partial charge < -0.3 is 14.4 Å². The monoisotopic (exact) mass is 862 g/mol. The summed E-state index contributed by atoms with van der Waals surface area (Å²) in [5.74, 6) is 0.268. The van der Waals surface area contributed by atoms with Crippen LogP contribution in [0.1, 0.15) is 64.2 Å². The number of halogens is 2. The molecule has 16 nitrogen and oxygen atoms in total. The topological polar surface area (TPSA) is 205 Å². The molecule has 2 heterocycles. The molecule has 0 aliphatic carbocycles. The van der Waals surface area contributed by atoms with Gasteiger partial charge in [-0.1, -0.05) is 66.7 Å². The molecule has 21 heteroatoms. The SMILES string of the molecule is N#CCCOP(=O)(OCCCCCCOOC(=O)CCCC[C@H]1SC[C@H]2NC(=O)N(OP(=O)(OCCC#N)Oc3ccccc3Cl)[C@H]21)Oc1ccccc1Cl. The molecular formula is C34H42Cl2N4O12P2S. The Labute approximate surface area is 334 Å². The number of para-hydroxylation sites is 2. The molecule has 2 aliphatic rings. The summed E-state index contributed by atoms with van der Waals surface area (Å²) in [4.78, 5) is 35.1. The summed E-state index contributed by atoms with van der Waals surface area (Å²) in [6.07, 6.45) is 4.38. The van der Waals surface area contributed by atoms with E-state index < -0.39 is 33.7 Å². The molecule has 1 N–H and O–H groups in total. The smallest absolute Gasteiger partial charge is 0.402 e. The Hall–Kier alpha value is -3.05. The average Bonchev–Trinajstić information content (AvgIpc) is 3.69. The van der Waals surface area contributed by atoms with Gasteiger partial charge in [0.1, 0.15) is 11.5 Å². The highest BCUT2D eigenvalue weighted by molar-refractivity contribution is 8.00. The third-order valence-corrected chi connectivity index (χ3v) is 12.7. The number of rotatable bonds is 26. The van der Waals surface area contributed by atoms with E-state index in [9.17, 15) is 18.7 Å². The molecule has 2 unspecified atom stereocenters. The fourth-order valence-electron chi connectivity index (χ4n) is 5.33. The first-order valence-electron chi connectivity index (χ1n) is 17.6. The number of amides is 2. The third-order valence-electron chi connectivity index (χ3n) is 7.91. The highest BCUT2D eigenvalue weighted by atomic mass is 35.5. The number of hydrogen-bond acceptors (Lipinski definition) is 15. The lowest BCUT2D eigenvalue weighted by Gasteiger charge is -2.28. The number of urea groups is 1. The van der Waals surface area contributed by atoms with Gasteiger partial charge in [0.25, 0.3) is 0 Å². The van der Waals surface area contributed by atoms with Crippen molar-refractivity contribution in [3.8, 4) is 23.6 Å². The second-order valence-corrected chi connectivity index (χ2v) is 17.2. The summed E-state index contributed by atoms with van der Waals surface area (Å²) in [5.41, 5.74) is 0. The molecule has 0 aromatic heterocycles. The summed E-state index contributed by atoms with van der Waals surface area (Å²) in [7, 11) is -8.45. The maximum Gasteiger partial charge on any atom is 0.552 e. The fourth-order valence-corrected chi connectivity index (χ4v) is 9.85. The first-order chi connectivity index (χ1) is 26.6. The first kappa shape index (κ1) is 44.7. The van der Waals surface area contributed by atoms with Crippen molar-refractivity contribution >= 4 is 62.6 Å². The Kier molecular flexibility index (Phi) is 18.9. The number of carbonyl (C=O) groups is 2. The van der Waals surface area contributed by atoms with Gasteiger partial charge in [-0.05, 0) is 49.9 Å². The Bertz CT molecular complexity index is 1750. The van der Waals surface area contributed by atoms with E-state index >= 15 is 0 Å². The van der Waals surface area contributed by atoms with Gasteiger partial charge in [-0.2, -0.15) is 36.9 Å². The van der Waals surface area contributed by atoms with E-state index in [-0.39, 0.29) is 78.5 Å². The second-order valence-electron chi connectivity index (χ2n) is 12.0. The van der Waals surface area contributed by atoms with Crippen molar-refractivity contribution in [1.29, 1.82) is 10.5 Å². The normalized spacial score (nSPS) is 19.7. The summed E-state index contributed by atoms with van der Waals surface area (Å²) < 4.78 is 59.5. The van der Waals surface area contributed by atoms with Crippen LogP contribution in [-0.4, -0.2) is 66.6 Å². The van der Waals surface area contributed by atoms with Crippen molar-refractivity contribution in [3.05, 3.63) is 58.6 Å². The standard InChI is InChI=1S/C34H42Cl2N4O12P2S/c35-26-13-3-5-15-29(26)50-53(43,47-23-11-19-37)46-22-10-2-1-9-21-45-49-32(41)18-8-7-17-31-33-28(25-55-31)39-34(42)40(33)52-54(44,48-24-12-20-38)51-30-16-6-4-14-27(30)36/h3-6,13-16,28,31,33H,1-2,7-12,17-18,21-25H2,(H,39,42)/t28-,31-,33-,53?,54?/m1/s1. The second kappa shape index (κ2) is 23.2. The van der Waals surface area contributed by atoms with Crippen molar-refractivity contribution in [2.75, 3.05) is 32.2 Å². The van der Waals surface area contributed by atoms with Gasteiger partial charge >= 0.3 is 27.6 Å². The van der Waals surface area contributed by atoms with E-state index in [1.54, 1.807) is 42.1 Å². The predicted octanol–water partition coefficient (Wildman–Crippen LogP) is 8.95. The van der Waals surface area contributed by atoms with Crippen LogP contribution >= 0.6 is 50.6 Å². The van der Waals surface area contributed by atoms with Crippen molar-refractivity contribution in [2.24, 2.45) is 0 Å². The molecule has 0 spiro atoms. The number of hydroxylamine groups is 2. The zero-order valence-electron chi connectivity index (χ0n) is 29.8. The predicted molar refractivity (Wildman–Crippen MR) is 202 cm³/mol. The van der Waals surface area contributed by atoms with E-state index in [4.69, 9.17) is 70.7 Å². The molecule has 4 rings (SSSR count). The van der Waals surface area contributed by atoms with Gasteiger partial charge in [0.15, 0.2) is 0 Å². The molecule has 5 atom stereocenters. The van der Waals surface area contributed by atoms with Crippen LogP contribution in [0.3, 0.4) is 0 Å².